The minimum absolute atomic E-state index is 0.0209. The summed E-state index contributed by atoms with van der Waals surface area (Å²) < 4.78 is 1.79. The molecule has 17 heavy (non-hydrogen) atoms. The van der Waals surface area contributed by atoms with Crippen LogP contribution in [0.15, 0.2) is 30.5 Å². The maximum Gasteiger partial charge on any atom is 0.130 e. The van der Waals surface area contributed by atoms with Crippen LogP contribution in [0.5, 0.6) is 0 Å². The molecule has 2 aromatic rings. The molecular formula is C14H19N3. The molecule has 0 spiro atoms. The van der Waals surface area contributed by atoms with Crippen molar-refractivity contribution in [3.63, 3.8) is 0 Å². The Balaban J connectivity index is 2.48. The van der Waals surface area contributed by atoms with E-state index in [2.05, 4.69) is 44.9 Å². The molecule has 1 aromatic carbocycles. The van der Waals surface area contributed by atoms with Gasteiger partial charge in [0.2, 0.25) is 0 Å². The zero-order valence-electron chi connectivity index (χ0n) is 10.9. The fourth-order valence-corrected chi connectivity index (χ4v) is 1.83. The SMILES string of the molecule is Cc1ccc(-n2ncc(C(C)(C)C)c2N)cc1. The standard InChI is InChI=1S/C14H19N3/c1-10-5-7-11(8-6-10)17-13(15)12(9-16-17)14(2,3)4/h5-9H,15H2,1-4H3. The normalized spacial score (nSPS) is 11.8. The van der Waals surface area contributed by atoms with Crippen LogP contribution in [-0.4, -0.2) is 9.78 Å². The van der Waals surface area contributed by atoms with Crippen LogP contribution in [0, 0.1) is 6.92 Å². The van der Waals surface area contributed by atoms with Crippen LogP contribution in [-0.2, 0) is 5.41 Å². The van der Waals surface area contributed by atoms with Gasteiger partial charge in [-0.05, 0) is 24.5 Å². The average Bonchev–Trinajstić information content (AvgIpc) is 2.61. The molecule has 2 rings (SSSR count). The maximum atomic E-state index is 6.16. The second-order valence-corrected chi connectivity index (χ2v) is 5.44. The third-order valence-electron chi connectivity index (χ3n) is 2.89. The van der Waals surface area contributed by atoms with Crippen molar-refractivity contribution in [3.8, 4) is 5.69 Å². The molecule has 1 heterocycles. The van der Waals surface area contributed by atoms with Crippen LogP contribution in [0.3, 0.4) is 0 Å². The number of nitrogen functional groups attached to an aromatic ring is 1. The van der Waals surface area contributed by atoms with Crippen molar-refractivity contribution in [2.75, 3.05) is 5.73 Å². The first kappa shape index (κ1) is 11.7. The molecule has 0 radical (unpaired) electrons. The number of hydrogen-bond donors (Lipinski definition) is 1. The lowest BCUT2D eigenvalue weighted by atomic mass is 9.89. The van der Waals surface area contributed by atoms with E-state index in [-0.39, 0.29) is 5.41 Å². The average molecular weight is 229 g/mol. The van der Waals surface area contributed by atoms with Crippen LogP contribution in [0.4, 0.5) is 5.82 Å². The molecule has 0 aliphatic rings. The van der Waals surface area contributed by atoms with Crippen LogP contribution < -0.4 is 5.73 Å². The van der Waals surface area contributed by atoms with Crippen LogP contribution >= 0.6 is 0 Å². The van der Waals surface area contributed by atoms with Crippen molar-refractivity contribution < 1.29 is 0 Å². The molecule has 0 amide bonds. The summed E-state index contributed by atoms with van der Waals surface area (Å²) in [5.74, 6) is 0.723. The highest BCUT2D eigenvalue weighted by Crippen LogP contribution is 2.28. The monoisotopic (exact) mass is 229 g/mol. The summed E-state index contributed by atoms with van der Waals surface area (Å²) in [6.07, 6.45) is 1.86. The molecule has 0 unspecified atom stereocenters. The lowest BCUT2D eigenvalue weighted by Crippen LogP contribution is -2.13. The second-order valence-electron chi connectivity index (χ2n) is 5.44. The highest BCUT2D eigenvalue weighted by atomic mass is 15.3. The van der Waals surface area contributed by atoms with Crippen molar-refractivity contribution in [3.05, 3.63) is 41.6 Å². The molecule has 0 saturated carbocycles. The molecule has 3 heteroatoms. The summed E-state index contributed by atoms with van der Waals surface area (Å²) in [7, 11) is 0. The van der Waals surface area contributed by atoms with Gasteiger partial charge in [-0.15, -0.1) is 0 Å². The number of benzene rings is 1. The fourth-order valence-electron chi connectivity index (χ4n) is 1.83. The molecule has 0 atom stereocenters. The van der Waals surface area contributed by atoms with Crippen LogP contribution in [0.25, 0.3) is 5.69 Å². The summed E-state index contributed by atoms with van der Waals surface area (Å²) in [5.41, 5.74) is 9.50. The van der Waals surface area contributed by atoms with E-state index in [0.29, 0.717) is 0 Å². The van der Waals surface area contributed by atoms with Gasteiger partial charge >= 0.3 is 0 Å². The quantitative estimate of drug-likeness (QED) is 0.816. The minimum Gasteiger partial charge on any atom is -0.383 e. The Hall–Kier alpha value is -1.77. The Morgan fingerprint density at radius 1 is 1.12 bits per heavy atom. The summed E-state index contributed by atoms with van der Waals surface area (Å²) in [4.78, 5) is 0. The molecule has 0 saturated heterocycles. The van der Waals surface area contributed by atoms with Crippen molar-refractivity contribution in [1.29, 1.82) is 0 Å². The van der Waals surface area contributed by atoms with Crippen molar-refractivity contribution in [2.24, 2.45) is 0 Å². The molecule has 1 aromatic heterocycles. The molecule has 3 nitrogen and oxygen atoms in total. The van der Waals surface area contributed by atoms with Crippen LogP contribution in [0.2, 0.25) is 0 Å². The number of anilines is 1. The fraction of sp³-hybridized carbons (Fsp3) is 0.357. The predicted octanol–water partition coefficient (Wildman–Crippen LogP) is 3.06. The first-order chi connectivity index (χ1) is 7.89. The Morgan fingerprint density at radius 2 is 1.71 bits per heavy atom. The molecule has 0 aliphatic carbocycles. The van der Waals surface area contributed by atoms with Gasteiger partial charge in [0.15, 0.2) is 0 Å². The minimum atomic E-state index is 0.0209. The van der Waals surface area contributed by atoms with Crippen molar-refractivity contribution in [1.82, 2.24) is 9.78 Å². The van der Waals surface area contributed by atoms with Gasteiger partial charge in [0.05, 0.1) is 11.9 Å². The van der Waals surface area contributed by atoms with E-state index in [4.69, 9.17) is 5.73 Å². The van der Waals surface area contributed by atoms with Gasteiger partial charge in [-0.3, -0.25) is 0 Å². The molecule has 0 aliphatic heterocycles. The maximum absolute atomic E-state index is 6.16. The molecular weight excluding hydrogens is 210 g/mol. The van der Waals surface area contributed by atoms with Gasteiger partial charge in [0.1, 0.15) is 5.82 Å². The third kappa shape index (κ3) is 2.18. The Kier molecular flexibility index (Phi) is 2.69. The Morgan fingerprint density at radius 3 is 2.18 bits per heavy atom. The molecule has 90 valence electrons. The molecule has 0 fully saturated rings. The summed E-state index contributed by atoms with van der Waals surface area (Å²) in [5, 5.41) is 4.37. The van der Waals surface area contributed by atoms with Crippen molar-refractivity contribution in [2.45, 2.75) is 33.1 Å². The smallest absolute Gasteiger partial charge is 0.130 e. The van der Waals surface area contributed by atoms with E-state index in [9.17, 15) is 0 Å². The lowest BCUT2D eigenvalue weighted by molar-refractivity contribution is 0.592. The number of aromatic nitrogens is 2. The topological polar surface area (TPSA) is 43.8 Å². The van der Waals surface area contributed by atoms with Crippen LogP contribution in [0.1, 0.15) is 31.9 Å². The number of hydrogen-bond acceptors (Lipinski definition) is 2. The second kappa shape index (κ2) is 3.91. The summed E-state index contributed by atoms with van der Waals surface area (Å²) >= 11 is 0. The Labute approximate surface area is 102 Å². The predicted molar refractivity (Wildman–Crippen MR) is 71.4 cm³/mol. The number of aryl methyl sites for hydroxylation is 1. The van der Waals surface area contributed by atoms with Gasteiger partial charge in [0.25, 0.3) is 0 Å². The highest BCUT2D eigenvalue weighted by molar-refractivity contribution is 5.50. The van der Waals surface area contributed by atoms with Gasteiger partial charge in [0, 0.05) is 5.56 Å². The van der Waals surface area contributed by atoms with Gasteiger partial charge in [-0.25, -0.2) is 4.68 Å². The van der Waals surface area contributed by atoms with Gasteiger partial charge in [-0.1, -0.05) is 38.5 Å². The van der Waals surface area contributed by atoms with Gasteiger partial charge in [-0.2, -0.15) is 5.10 Å². The van der Waals surface area contributed by atoms with E-state index in [1.165, 1.54) is 5.56 Å². The zero-order valence-corrected chi connectivity index (χ0v) is 10.9. The number of rotatable bonds is 1. The Bertz CT molecular complexity index is 515. The first-order valence-electron chi connectivity index (χ1n) is 5.80. The van der Waals surface area contributed by atoms with E-state index in [1.54, 1.807) is 4.68 Å². The van der Waals surface area contributed by atoms with E-state index in [1.807, 2.05) is 18.3 Å². The van der Waals surface area contributed by atoms with E-state index >= 15 is 0 Å². The number of nitrogens with two attached hydrogens (primary N) is 1. The zero-order chi connectivity index (χ0) is 12.6. The third-order valence-corrected chi connectivity index (χ3v) is 2.89. The lowest BCUT2D eigenvalue weighted by Gasteiger charge is -2.17. The largest absolute Gasteiger partial charge is 0.383 e. The van der Waals surface area contributed by atoms with E-state index < -0.39 is 0 Å². The van der Waals surface area contributed by atoms with Gasteiger partial charge < -0.3 is 5.73 Å². The van der Waals surface area contributed by atoms with Crippen molar-refractivity contribution >= 4 is 5.82 Å². The van der Waals surface area contributed by atoms with E-state index in [0.717, 1.165) is 17.1 Å². The first-order valence-corrected chi connectivity index (χ1v) is 5.80. The summed E-state index contributed by atoms with van der Waals surface area (Å²) in [6, 6.07) is 8.19. The highest BCUT2D eigenvalue weighted by Gasteiger charge is 2.21. The number of nitrogens with zero attached hydrogens (tertiary/aromatic N) is 2. The molecule has 2 N–H and O–H groups in total. The summed E-state index contributed by atoms with van der Waals surface area (Å²) in [6.45, 7) is 8.48. The molecule has 0 bridgehead atoms.